The second kappa shape index (κ2) is 8.61. The third-order valence-electron chi connectivity index (χ3n) is 4.12. The standard InChI is InChI=1S/C16H29N5OS/c1-5-14-20-13(11-23-14)10-18-15(17-4)19-12-16(2,3)21-6-8-22-9-7-21/h11H,5-10,12H2,1-4H3,(H2,17,18,19). The van der Waals surface area contributed by atoms with E-state index in [0.29, 0.717) is 6.54 Å². The van der Waals surface area contributed by atoms with Gasteiger partial charge in [0.25, 0.3) is 0 Å². The van der Waals surface area contributed by atoms with Gasteiger partial charge in [0.05, 0.1) is 30.5 Å². The van der Waals surface area contributed by atoms with Gasteiger partial charge in [-0.25, -0.2) is 4.98 Å². The lowest BCUT2D eigenvalue weighted by atomic mass is 10.0. The zero-order chi connectivity index (χ0) is 16.7. The molecule has 130 valence electrons. The number of ether oxygens (including phenoxy) is 1. The van der Waals surface area contributed by atoms with Gasteiger partial charge in [0.1, 0.15) is 0 Å². The Kier molecular flexibility index (Phi) is 6.80. The van der Waals surface area contributed by atoms with E-state index < -0.39 is 0 Å². The minimum atomic E-state index is 0.0669. The lowest BCUT2D eigenvalue weighted by Gasteiger charge is -2.41. The van der Waals surface area contributed by atoms with Crippen molar-refractivity contribution in [3.05, 3.63) is 16.1 Å². The first-order valence-electron chi connectivity index (χ1n) is 8.25. The summed E-state index contributed by atoms with van der Waals surface area (Å²) in [6, 6.07) is 0. The van der Waals surface area contributed by atoms with E-state index in [2.05, 4.69) is 51.7 Å². The van der Waals surface area contributed by atoms with Crippen LogP contribution in [-0.2, 0) is 17.7 Å². The normalized spacial score (nSPS) is 17.3. The summed E-state index contributed by atoms with van der Waals surface area (Å²) < 4.78 is 5.44. The Labute approximate surface area is 143 Å². The van der Waals surface area contributed by atoms with Crippen LogP contribution in [0.25, 0.3) is 0 Å². The highest BCUT2D eigenvalue weighted by molar-refractivity contribution is 7.09. The van der Waals surface area contributed by atoms with Gasteiger partial charge in [-0.2, -0.15) is 0 Å². The fourth-order valence-electron chi connectivity index (χ4n) is 2.57. The number of guanidine groups is 1. The molecule has 2 rings (SSSR count). The second-order valence-corrected chi connectivity index (χ2v) is 7.22. The number of nitrogens with zero attached hydrogens (tertiary/aromatic N) is 3. The number of aryl methyl sites for hydroxylation is 1. The van der Waals surface area contributed by atoms with Crippen LogP contribution in [0.1, 0.15) is 31.5 Å². The van der Waals surface area contributed by atoms with E-state index in [-0.39, 0.29) is 5.54 Å². The number of thiazole rings is 1. The van der Waals surface area contributed by atoms with Gasteiger partial charge >= 0.3 is 0 Å². The molecule has 23 heavy (non-hydrogen) atoms. The Morgan fingerprint density at radius 3 is 2.74 bits per heavy atom. The Hall–Kier alpha value is -1.18. The molecule has 0 spiro atoms. The molecule has 1 saturated heterocycles. The smallest absolute Gasteiger partial charge is 0.191 e. The number of rotatable bonds is 6. The first-order valence-corrected chi connectivity index (χ1v) is 9.13. The summed E-state index contributed by atoms with van der Waals surface area (Å²) >= 11 is 1.72. The van der Waals surface area contributed by atoms with Crippen LogP contribution in [0.2, 0.25) is 0 Å². The first kappa shape index (κ1) is 18.2. The van der Waals surface area contributed by atoms with Crippen LogP contribution in [-0.4, -0.2) is 61.3 Å². The molecule has 0 atom stereocenters. The third-order valence-corrected chi connectivity index (χ3v) is 5.16. The first-order chi connectivity index (χ1) is 11.0. The number of aliphatic imine (C=N–C) groups is 1. The molecular formula is C16H29N5OS. The highest BCUT2D eigenvalue weighted by Crippen LogP contribution is 2.15. The predicted octanol–water partition coefficient (Wildman–Crippen LogP) is 1.48. The van der Waals surface area contributed by atoms with E-state index in [0.717, 1.165) is 50.9 Å². The van der Waals surface area contributed by atoms with Crippen molar-refractivity contribution in [2.24, 2.45) is 4.99 Å². The maximum absolute atomic E-state index is 5.44. The molecule has 1 aromatic rings. The highest BCUT2D eigenvalue weighted by Gasteiger charge is 2.28. The largest absolute Gasteiger partial charge is 0.379 e. The zero-order valence-electron chi connectivity index (χ0n) is 14.7. The maximum atomic E-state index is 5.44. The van der Waals surface area contributed by atoms with E-state index >= 15 is 0 Å². The Bertz CT molecular complexity index is 508. The van der Waals surface area contributed by atoms with Gasteiger partial charge in [-0.1, -0.05) is 6.92 Å². The van der Waals surface area contributed by atoms with Crippen LogP contribution in [0.15, 0.2) is 10.4 Å². The van der Waals surface area contributed by atoms with E-state index in [1.807, 2.05) is 0 Å². The van der Waals surface area contributed by atoms with E-state index in [1.54, 1.807) is 18.4 Å². The van der Waals surface area contributed by atoms with Crippen molar-refractivity contribution in [1.82, 2.24) is 20.5 Å². The maximum Gasteiger partial charge on any atom is 0.191 e. The molecule has 0 unspecified atom stereocenters. The second-order valence-electron chi connectivity index (χ2n) is 6.28. The summed E-state index contributed by atoms with van der Waals surface area (Å²) in [5, 5.41) is 10.1. The van der Waals surface area contributed by atoms with Gasteiger partial charge in [0.2, 0.25) is 0 Å². The van der Waals surface area contributed by atoms with E-state index in [9.17, 15) is 0 Å². The third kappa shape index (κ3) is 5.44. The van der Waals surface area contributed by atoms with Gasteiger partial charge < -0.3 is 15.4 Å². The van der Waals surface area contributed by atoms with Crippen molar-refractivity contribution in [3.8, 4) is 0 Å². The van der Waals surface area contributed by atoms with Crippen LogP contribution >= 0.6 is 11.3 Å². The summed E-state index contributed by atoms with van der Waals surface area (Å²) in [5.41, 5.74) is 1.14. The molecule has 0 amide bonds. The van der Waals surface area contributed by atoms with Crippen molar-refractivity contribution in [2.75, 3.05) is 39.9 Å². The molecule has 1 aliphatic rings. The van der Waals surface area contributed by atoms with Crippen molar-refractivity contribution in [1.29, 1.82) is 0 Å². The lowest BCUT2D eigenvalue weighted by Crippen LogP contribution is -2.56. The summed E-state index contributed by atoms with van der Waals surface area (Å²) in [6.07, 6.45) is 0.991. The van der Waals surface area contributed by atoms with Crippen LogP contribution < -0.4 is 10.6 Å². The molecule has 0 saturated carbocycles. The Balaban J connectivity index is 1.79. The average molecular weight is 340 g/mol. The topological polar surface area (TPSA) is 61.8 Å². The lowest BCUT2D eigenvalue weighted by molar-refractivity contribution is -0.00834. The Morgan fingerprint density at radius 2 is 2.13 bits per heavy atom. The number of hydrogen-bond acceptors (Lipinski definition) is 5. The molecule has 1 aliphatic heterocycles. The number of nitrogens with one attached hydrogen (secondary N) is 2. The summed E-state index contributed by atoms with van der Waals surface area (Å²) in [5.74, 6) is 0.817. The van der Waals surface area contributed by atoms with Gasteiger partial charge in [0.15, 0.2) is 5.96 Å². The van der Waals surface area contributed by atoms with Crippen LogP contribution in [0.3, 0.4) is 0 Å². The molecule has 6 nitrogen and oxygen atoms in total. The van der Waals surface area contributed by atoms with Crippen LogP contribution in [0.5, 0.6) is 0 Å². The van der Waals surface area contributed by atoms with Crippen molar-refractivity contribution in [3.63, 3.8) is 0 Å². The zero-order valence-corrected chi connectivity index (χ0v) is 15.5. The van der Waals surface area contributed by atoms with Gasteiger partial charge in [0, 0.05) is 37.6 Å². The number of morpholine rings is 1. The number of hydrogen-bond donors (Lipinski definition) is 2. The van der Waals surface area contributed by atoms with Gasteiger partial charge in [-0.3, -0.25) is 9.89 Å². The summed E-state index contributed by atoms with van der Waals surface area (Å²) in [7, 11) is 1.80. The molecule has 0 aliphatic carbocycles. The molecule has 0 radical (unpaired) electrons. The highest BCUT2D eigenvalue weighted by atomic mass is 32.1. The fraction of sp³-hybridized carbons (Fsp3) is 0.750. The van der Waals surface area contributed by atoms with E-state index in [1.165, 1.54) is 5.01 Å². The average Bonchev–Trinajstić information content (AvgIpc) is 3.04. The van der Waals surface area contributed by atoms with Gasteiger partial charge in [-0.15, -0.1) is 11.3 Å². The minimum Gasteiger partial charge on any atom is -0.379 e. The van der Waals surface area contributed by atoms with Crippen molar-refractivity contribution < 1.29 is 4.74 Å². The Morgan fingerprint density at radius 1 is 1.39 bits per heavy atom. The quantitative estimate of drug-likeness (QED) is 0.607. The fourth-order valence-corrected chi connectivity index (χ4v) is 3.31. The molecule has 0 bridgehead atoms. The SMILES string of the molecule is CCc1nc(CNC(=NC)NCC(C)(C)N2CCOCC2)cs1. The molecule has 0 aromatic carbocycles. The number of aromatic nitrogens is 1. The summed E-state index contributed by atoms with van der Waals surface area (Å²) in [6.45, 7) is 11.8. The minimum absolute atomic E-state index is 0.0669. The van der Waals surface area contributed by atoms with Crippen LogP contribution in [0, 0.1) is 0 Å². The summed E-state index contributed by atoms with van der Waals surface area (Å²) in [4.78, 5) is 11.3. The van der Waals surface area contributed by atoms with Crippen molar-refractivity contribution in [2.45, 2.75) is 39.3 Å². The van der Waals surface area contributed by atoms with Crippen LogP contribution in [0.4, 0.5) is 0 Å². The molecule has 7 heteroatoms. The van der Waals surface area contributed by atoms with E-state index in [4.69, 9.17) is 4.74 Å². The van der Waals surface area contributed by atoms with Gasteiger partial charge in [-0.05, 0) is 20.3 Å². The van der Waals surface area contributed by atoms with Crippen molar-refractivity contribution >= 4 is 17.3 Å². The molecule has 2 heterocycles. The predicted molar refractivity (Wildman–Crippen MR) is 96.2 cm³/mol. The molecule has 2 N–H and O–H groups in total. The molecular weight excluding hydrogens is 310 g/mol. The molecule has 1 aromatic heterocycles. The molecule has 1 fully saturated rings. The monoisotopic (exact) mass is 339 g/mol.